The summed E-state index contributed by atoms with van der Waals surface area (Å²) in [7, 11) is 0. The van der Waals surface area contributed by atoms with E-state index in [-0.39, 0.29) is 6.04 Å². The van der Waals surface area contributed by atoms with Gasteiger partial charge in [0.2, 0.25) is 0 Å². The smallest absolute Gasteiger partial charge is 0.257 e. The maximum Gasteiger partial charge on any atom is 0.257 e. The van der Waals surface area contributed by atoms with Crippen LogP contribution >= 0.6 is 0 Å². The fourth-order valence-electron chi connectivity index (χ4n) is 1.83. The van der Waals surface area contributed by atoms with Crippen LogP contribution in [0.25, 0.3) is 0 Å². The van der Waals surface area contributed by atoms with Crippen molar-refractivity contribution in [2.24, 2.45) is 0 Å². The molecule has 0 saturated carbocycles. The van der Waals surface area contributed by atoms with E-state index >= 15 is 0 Å². The van der Waals surface area contributed by atoms with Crippen LogP contribution in [0.15, 0.2) is 18.2 Å². The Morgan fingerprint density at radius 1 is 1.35 bits per heavy atom. The van der Waals surface area contributed by atoms with Crippen molar-refractivity contribution in [1.29, 1.82) is 0 Å². The van der Waals surface area contributed by atoms with Gasteiger partial charge in [-0.2, -0.15) is 0 Å². The van der Waals surface area contributed by atoms with Gasteiger partial charge in [-0.25, -0.2) is 8.78 Å². The molecule has 0 aliphatic carbocycles. The van der Waals surface area contributed by atoms with Gasteiger partial charge in [0.15, 0.2) is 0 Å². The van der Waals surface area contributed by atoms with Crippen LogP contribution in [0, 0.1) is 11.6 Å². The van der Waals surface area contributed by atoms with Crippen LogP contribution in [-0.2, 0) is 4.74 Å². The second-order valence-corrected chi connectivity index (χ2v) is 3.98. The molecule has 17 heavy (non-hydrogen) atoms. The maximum atomic E-state index is 13.3. The summed E-state index contributed by atoms with van der Waals surface area (Å²) in [5, 5.41) is 2.57. The summed E-state index contributed by atoms with van der Waals surface area (Å²) in [6.07, 6.45) is 1.60. The highest BCUT2D eigenvalue weighted by molar-refractivity contribution is 5.94. The molecule has 1 aliphatic rings. The van der Waals surface area contributed by atoms with E-state index in [0.717, 1.165) is 25.0 Å². The third-order valence-electron chi connectivity index (χ3n) is 2.69. The van der Waals surface area contributed by atoms with Crippen molar-refractivity contribution in [3.8, 4) is 0 Å². The van der Waals surface area contributed by atoms with Crippen LogP contribution in [0.1, 0.15) is 23.2 Å². The SMILES string of the molecule is O=C(N[C@H]1CCCOC1)c1c(F)cccc1F. The predicted molar refractivity (Wildman–Crippen MR) is 57.7 cm³/mol. The van der Waals surface area contributed by atoms with Gasteiger partial charge in [-0.05, 0) is 25.0 Å². The molecule has 1 aromatic carbocycles. The molecule has 1 amide bonds. The van der Waals surface area contributed by atoms with E-state index in [1.165, 1.54) is 6.07 Å². The van der Waals surface area contributed by atoms with Crippen LogP contribution in [0.5, 0.6) is 0 Å². The quantitative estimate of drug-likeness (QED) is 0.858. The van der Waals surface area contributed by atoms with Gasteiger partial charge in [0.1, 0.15) is 17.2 Å². The molecule has 0 aromatic heterocycles. The van der Waals surface area contributed by atoms with Gasteiger partial charge in [0.25, 0.3) is 5.91 Å². The molecule has 1 atom stereocenters. The Kier molecular flexibility index (Phi) is 3.68. The molecular weight excluding hydrogens is 228 g/mol. The molecule has 1 aliphatic heterocycles. The summed E-state index contributed by atoms with van der Waals surface area (Å²) >= 11 is 0. The molecule has 1 saturated heterocycles. The number of hydrogen-bond donors (Lipinski definition) is 1. The van der Waals surface area contributed by atoms with E-state index in [2.05, 4.69) is 5.32 Å². The standard InChI is InChI=1S/C12H13F2NO2/c13-9-4-1-5-10(14)11(9)12(16)15-8-3-2-6-17-7-8/h1,4-5,8H,2-3,6-7H2,(H,15,16)/t8-/m0/s1. The number of hydrogen-bond acceptors (Lipinski definition) is 2. The first-order valence-electron chi connectivity index (χ1n) is 5.51. The number of rotatable bonds is 2. The minimum Gasteiger partial charge on any atom is -0.379 e. The largest absolute Gasteiger partial charge is 0.379 e. The summed E-state index contributed by atoms with van der Waals surface area (Å²) in [5.41, 5.74) is -0.530. The van der Waals surface area contributed by atoms with Gasteiger partial charge in [-0.1, -0.05) is 6.07 Å². The topological polar surface area (TPSA) is 38.3 Å². The molecule has 3 nitrogen and oxygen atoms in total. The number of nitrogens with one attached hydrogen (secondary N) is 1. The Balaban J connectivity index is 2.08. The number of halogens is 2. The number of carbonyl (C=O) groups is 1. The monoisotopic (exact) mass is 241 g/mol. The third kappa shape index (κ3) is 2.79. The summed E-state index contributed by atoms with van der Waals surface area (Å²) in [5.74, 6) is -2.42. The van der Waals surface area contributed by atoms with Gasteiger partial charge < -0.3 is 10.1 Å². The third-order valence-corrected chi connectivity index (χ3v) is 2.69. The van der Waals surface area contributed by atoms with Crippen molar-refractivity contribution in [2.75, 3.05) is 13.2 Å². The molecule has 0 spiro atoms. The van der Waals surface area contributed by atoms with Gasteiger partial charge >= 0.3 is 0 Å². The molecule has 0 unspecified atom stereocenters. The summed E-state index contributed by atoms with van der Waals surface area (Å²) < 4.78 is 31.8. The molecule has 92 valence electrons. The summed E-state index contributed by atoms with van der Waals surface area (Å²) in [4.78, 5) is 11.7. The molecular formula is C12H13F2NO2. The normalized spacial score (nSPS) is 20.0. The lowest BCUT2D eigenvalue weighted by Crippen LogP contribution is -2.41. The van der Waals surface area contributed by atoms with Gasteiger partial charge in [0, 0.05) is 6.61 Å². The van der Waals surface area contributed by atoms with Crippen molar-refractivity contribution in [2.45, 2.75) is 18.9 Å². The first-order chi connectivity index (χ1) is 8.18. The fourth-order valence-corrected chi connectivity index (χ4v) is 1.83. The predicted octanol–water partition coefficient (Wildman–Crippen LogP) is 1.87. The lowest BCUT2D eigenvalue weighted by atomic mass is 10.1. The van der Waals surface area contributed by atoms with E-state index < -0.39 is 23.1 Å². The van der Waals surface area contributed by atoms with Crippen LogP contribution in [-0.4, -0.2) is 25.2 Å². The second-order valence-electron chi connectivity index (χ2n) is 3.98. The van der Waals surface area contributed by atoms with Crippen LogP contribution in [0.4, 0.5) is 8.78 Å². The number of ether oxygens (including phenoxy) is 1. The van der Waals surface area contributed by atoms with Crippen LogP contribution in [0.2, 0.25) is 0 Å². The van der Waals surface area contributed by atoms with Gasteiger partial charge in [-0.15, -0.1) is 0 Å². The van der Waals surface area contributed by atoms with Crippen molar-refractivity contribution < 1.29 is 18.3 Å². The Bertz CT molecular complexity index is 397. The van der Waals surface area contributed by atoms with Gasteiger partial charge in [0.05, 0.1) is 12.6 Å². The highest BCUT2D eigenvalue weighted by Gasteiger charge is 2.21. The van der Waals surface area contributed by atoms with Crippen LogP contribution < -0.4 is 5.32 Å². The molecule has 0 bridgehead atoms. The molecule has 2 rings (SSSR count). The minimum absolute atomic E-state index is 0.171. The zero-order chi connectivity index (χ0) is 12.3. The minimum atomic E-state index is -0.848. The molecule has 5 heteroatoms. The molecule has 1 N–H and O–H groups in total. The highest BCUT2D eigenvalue weighted by Crippen LogP contribution is 2.13. The lowest BCUT2D eigenvalue weighted by molar-refractivity contribution is 0.0620. The molecule has 0 radical (unpaired) electrons. The van der Waals surface area contributed by atoms with Crippen molar-refractivity contribution in [1.82, 2.24) is 5.32 Å². The van der Waals surface area contributed by atoms with E-state index in [4.69, 9.17) is 4.74 Å². The number of carbonyl (C=O) groups excluding carboxylic acids is 1. The fraction of sp³-hybridized carbons (Fsp3) is 0.417. The first-order valence-corrected chi connectivity index (χ1v) is 5.51. The summed E-state index contributed by atoms with van der Waals surface area (Å²) in [6.45, 7) is 1.06. The number of benzene rings is 1. The molecule has 1 aromatic rings. The molecule has 1 fully saturated rings. The van der Waals surface area contributed by atoms with E-state index in [9.17, 15) is 13.6 Å². The average Bonchev–Trinajstić information content (AvgIpc) is 2.30. The Morgan fingerprint density at radius 2 is 2.06 bits per heavy atom. The first kappa shape index (κ1) is 12.0. The Hall–Kier alpha value is -1.49. The zero-order valence-electron chi connectivity index (χ0n) is 9.21. The lowest BCUT2D eigenvalue weighted by Gasteiger charge is -2.23. The van der Waals surface area contributed by atoms with E-state index in [0.29, 0.717) is 13.2 Å². The van der Waals surface area contributed by atoms with E-state index in [1.54, 1.807) is 0 Å². The maximum absolute atomic E-state index is 13.3. The van der Waals surface area contributed by atoms with Crippen molar-refractivity contribution in [3.63, 3.8) is 0 Å². The second kappa shape index (κ2) is 5.23. The van der Waals surface area contributed by atoms with Crippen molar-refractivity contribution in [3.05, 3.63) is 35.4 Å². The summed E-state index contributed by atoms with van der Waals surface area (Å²) in [6, 6.07) is 3.19. The molecule has 1 heterocycles. The Morgan fingerprint density at radius 3 is 2.65 bits per heavy atom. The average molecular weight is 241 g/mol. The zero-order valence-corrected chi connectivity index (χ0v) is 9.21. The van der Waals surface area contributed by atoms with Crippen molar-refractivity contribution >= 4 is 5.91 Å². The van der Waals surface area contributed by atoms with Gasteiger partial charge in [-0.3, -0.25) is 4.79 Å². The van der Waals surface area contributed by atoms with E-state index in [1.807, 2.05) is 0 Å². The highest BCUT2D eigenvalue weighted by atomic mass is 19.1. The number of amides is 1. The van der Waals surface area contributed by atoms with Crippen LogP contribution in [0.3, 0.4) is 0 Å². The Labute approximate surface area is 97.8 Å².